The predicted octanol–water partition coefficient (Wildman–Crippen LogP) is 8.70. The van der Waals surface area contributed by atoms with E-state index in [0.717, 1.165) is 112 Å². The number of carboxylic acids is 1. The molecule has 2 aromatic carbocycles. The number of rotatable bonds is 12. The number of aliphatic carboxylic acids is 1. The summed E-state index contributed by atoms with van der Waals surface area (Å²) in [7, 11) is 1.87. The SMILES string of the molecule is Cc1c(Nc2nc(C(F)F)nc3cc(CN4CCCC4)cnc23)cccc1-c1cccc(NC(=O)c2nc3c(n2C)CCN(CCC24CCC(C(=O)O)(CC2)C4)C3)c1Cl. The van der Waals surface area contributed by atoms with Crippen molar-refractivity contribution in [2.45, 2.75) is 84.2 Å². The van der Waals surface area contributed by atoms with Crippen LogP contribution in [-0.4, -0.2) is 77.5 Å². The van der Waals surface area contributed by atoms with Crippen LogP contribution >= 0.6 is 11.6 Å². The third-order valence-corrected chi connectivity index (χ3v) is 13.9. The molecule has 2 aliphatic carbocycles. The summed E-state index contributed by atoms with van der Waals surface area (Å²) in [4.78, 5) is 48.3. The number of hydrogen-bond acceptors (Lipinski definition) is 9. The van der Waals surface area contributed by atoms with Crippen LogP contribution in [0.4, 0.5) is 26.0 Å². The summed E-state index contributed by atoms with van der Waals surface area (Å²) in [6.45, 7) is 6.97. The first kappa shape index (κ1) is 39.4. The lowest BCUT2D eigenvalue weighted by molar-refractivity contribution is -0.148. The molecule has 0 spiro atoms. The maximum Gasteiger partial charge on any atom is 0.309 e. The number of nitrogens with one attached hydrogen (secondary N) is 2. The Morgan fingerprint density at radius 2 is 1.71 bits per heavy atom. The number of imidazole rings is 1. The van der Waals surface area contributed by atoms with Crippen molar-refractivity contribution < 1.29 is 23.5 Å². The van der Waals surface area contributed by atoms with Crippen molar-refractivity contribution in [2.75, 3.05) is 36.8 Å². The zero-order chi connectivity index (χ0) is 41.1. The van der Waals surface area contributed by atoms with E-state index in [0.29, 0.717) is 51.9 Å². The zero-order valence-electron chi connectivity index (χ0n) is 33.3. The van der Waals surface area contributed by atoms with Crippen LogP contribution in [0.3, 0.4) is 0 Å². The molecule has 1 saturated heterocycles. The highest BCUT2D eigenvalue weighted by Gasteiger charge is 2.57. The monoisotopic (exact) mass is 823 g/mol. The maximum absolute atomic E-state index is 14.1. The first-order valence-corrected chi connectivity index (χ1v) is 20.9. The molecule has 12 nitrogen and oxygen atoms in total. The first-order valence-electron chi connectivity index (χ1n) is 20.6. The number of nitrogens with zero attached hydrogens (tertiary/aromatic N) is 7. The number of carbonyl (C=O) groups excluding carboxylic acids is 1. The van der Waals surface area contributed by atoms with Crippen molar-refractivity contribution in [3.63, 3.8) is 0 Å². The Labute approximate surface area is 346 Å². The fraction of sp³-hybridized carbons (Fsp3) is 0.455. The van der Waals surface area contributed by atoms with Crippen LogP contribution in [-0.2, 0) is 31.4 Å². The second-order valence-corrected chi connectivity index (χ2v) is 17.5. The predicted molar refractivity (Wildman–Crippen MR) is 222 cm³/mol. The Bertz CT molecular complexity index is 2460. The molecular weight excluding hydrogens is 776 g/mol. The number of benzene rings is 2. The first-order chi connectivity index (χ1) is 28.4. The third-order valence-electron chi connectivity index (χ3n) is 13.5. The van der Waals surface area contributed by atoms with Gasteiger partial charge in [-0.05, 0) is 118 Å². The van der Waals surface area contributed by atoms with Gasteiger partial charge < -0.3 is 20.3 Å². The largest absolute Gasteiger partial charge is 0.481 e. The fourth-order valence-corrected chi connectivity index (χ4v) is 10.4. The van der Waals surface area contributed by atoms with Crippen molar-refractivity contribution in [1.82, 2.24) is 34.3 Å². The smallest absolute Gasteiger partial charge is 0.309 e. The Morgan fingerprint density at radius 1 is 0.966 bits per heavy atom. The van der Waals surface area contributed by atoms with E-state index in [1.54, 1.807) is 12.3 Å². The summed E-state index contributed by atoms with van der Waals surface area (Å²) < 4.78 is 30.0. The number of anilines is 3. The summed E-state index contributed by atoms with van der Waals surface area (Å²) in [6, 6.07) is 12.9. The molecule has 2 bridgehead atoms. The summed E-state index contributed by atoms with van der Waals surface area (Å²) in [5.74, 6) is -1.10. The number of carbonyl (C=O) groups is 2. The van der Waals surface area contributed by atoms with Gasteiger partial charge in [0, 0.05) is 56.2 Å². The summed E-state index contributed by atoms with van der Waals surface area (Å²) >= 11 is 7.05. The van der Waals surface area contributed by atoms with Crippen molar-refractivity contribution in [2.24, 2.45) is 17.9 Å². The van der Waals surface area contributed by atoms with E-state index in [2.05, 4.69) is 35.4 Å². The number of alkyl halides is 2. The van der Waals surface area contributed by atoms with Crippen molar-refractivity contribution >= 4 is 51.7 Å². The van der Waals surface area contributed by atoms with Gasteiger partial charge in [-0.1, -0.05) is 35.9 Å². The molecule has 2 saturated carbocycles. The van der Waals surface area contributed by atoms with Gasteiger partial charge in [-0.15, -0.1) is 0 Å². The van der Waals surface area contributed by atoms with Gasteiger partial charge in [-0.2, -0.15) is 0 Å². The molecular formula is C44H48ClF2N9O3. The molecule has 5 heterocycles. The lowest BCUT2D eigenvalue weighted by Gasteiger charge is -2.32. The van der Waals surface area contributed by atoms with Gasteiger partial charge in [0.25, 0.3) is 12.3 Å². The quantitative estimate of drug-likeness (QED) is 0.112. The van der Waals surface area contributed by atoms with Gasteiger partial charge in [0.1, 0.15) is 5.52 Å². The molecule has 3 aromatic heterocycles. The second kappa shape index (κ2) is 15.5. The Balaban J connectivity index is 0.909. The molecule has 0 atom stereocenters. The normalized spacial score (nSPS) is 21.7. The molecule has 1 amide bonds. The van der Waals surface area contributed by atoms with Crippen LogP contribution in [0.2, 0.25) is 5.02 Å². The lowest BCUT2D eigenvalue weighted by atomic mass is 9.80. The standard InChI is InChI=1S/C44H48ClF2N9O3/c1-26-28(7-5-9-30(26)49-38-36-32(50-39(53-38)37(46)47)21-27(22-48-36)23-55-17-3-4-18-55)29-8-6-10-31(35(29)45)52-41(57)40-51-33-24-56(19-11-34(33)54(40)2)20-16-43-12-14-44(25-43,15-13-43)42(58)59/h5-10,21-22,37H,3-4,11-20,23-25H2,1-2H3,(H,52,57)(H,58,59)(H,49,50,53). The van der Waals surface area contributed by atoms with E-state index in [-0.39, 0.29) is 17.1 Å². The number of likely N-dealkylation sites (tertiary alicyclic amines) is 1. The second-order valence-electron chi connectivity index (χ2n) is 17.1. The minimum Gasteiger partial charge on any atom is -0.481 e. The summed E-state index contributed by atoms with van der Waals surface area (Å²) in [5.41, 5.74) is 6.47. The Hall–Kier alpha value is -5.05. The van der Waals surface area contributed by atoms with Crippen molar-refractivity contribution in [3.8, 4) is 11.1 Å². The van der Waals surface area contributed by atoms with Gasteiger partial charge in [-0.25, -0.2) is 23.7 Å². The summed E-state index contributed by atoms with van der Waals surface area (Å²) in [5, 5.41) is 16.4. The van der Waals surface area contributed by atoms with Gasteiger partial charge >= 0.3 is 5.97 Å². The highest BCUT2D eigenvalue weighted by molar-refractivity contribution is 6.36. The van der Waals surface area contributed by atoms with E-state index in [4.69, 9.17) is 16.6 Å². The average molecular weight is 824 g/mol. The molecule has 5 aromatic rings. The molecule has 0 radical (unpaired) electrons. The number of fused-ring (bicyclic) bond motifs is 4. The van der Waals surface area contributed by atoms with E-state index >= 15 is 0 Å². The van der Waals surface area contributed by atoms with Crippen LogP contribution in [0, 0.1) is 17.8 Å². The summed E-state index contributed by atoms with van der Waals surface area (Å²) in [6.07, 6.45) is 7.26. The number of aromatic nitrogens is 5. The molecule has 308 valence electrons. The molecule has 4 aliphatic rings. The molecule has 59 heavy (non-hydrogen) atoms. The van der Waals surface area contributed by atoms with Gasteiger partial charge in [0.05, 0.1) is 27.3 Å². The highest BCUT2D eigenvalue weighted by Crippen LogP contribution is 2.63. The Kier molecular flexibility index (Phi) is 10.4. The van der Waals surface area contributed by atoms with Gasteiger partial charge in [0.15, 0.2) is 17.5 Å². The fourth-order valence-electron chi connectivity index (χ4n) is 10.1. The number of carboxylic acid groups (broad SMARTS) is 1. The molecule has 2 aliphatic heterocycles. The Morgan fingerprint density at radius 3 is 2.44 bits per heavy atom. The van der Waals surface area contributed by atoms with Crippen LogP contribution in [0.15, 0.2) is 48.7 Å². The van der Waals surface area contributed by atoms with Crippen LogP contribution < -0.4 is 10.6 Å². The average Bonchev–Trinajstić information content (AvgIpc) is 4.03. The third kappa shape index (κ3) is 7.44. The molecule has 15 heteroatoms. The van der Waals surface area contributed by atoms with Crippen LogP contribution in [0.1, 0.15) is 96.8 Å². The van der Waals surface area contributed by atoms with Gasteiger partial charge in [0.2, 0.25) is 0 Å². The molecule has 3 N–H and O–H groups in total. The minimum atomic E-state index is -2.87. The van der Waals surface area contributed by atoms with Crippen molar-refractivity contribution in [3.05, 3.63) is 87.8 Å². The van der Waals surface area contributed by atoms with E-state index < -0.39 is 23.6 Å². The maximum atomic E-state index is 14.1. The van der Waals surface area contributed by atoms with Crippen LogP contribution in [0.25, 0.3) is 22.2 Å². The number of halogens is 3. The van der Waals surface area contributed by atoms with E-state index in [9.17, 15) is 23.5 Å². The number of amides is 1. The molecule has 0 unspecified atom stereocenters. The van der Waals surface area contributed by atoms with Gasteiger partial charge in [-0.3, -0.25) is 24.4 Å². The molecule has 3 fully saturated rings. The van der Waals surface area contributed by atoms with Crippen molar-refractivity contribution in [1.29, 1.82) is 0 Å². The minimum absolute atomic E-state index is 0.124. The number of pyridine rings is 1. The molecule has 9 rings (SSSR count). The van der Waals surface area contributed by atoms with E-state index in [1.807, 2.05) is 54.9 Å². The topological polar surface area (TPSA) is 141 Å². The highest BCUT2D eigenvalue weighted by atomic mass is 35.5. The number of hydrogen-bond donors (Lipinski definition) is 3. The zero-order valence-corrected chi connectivity index (χ0v) is 34.1. The lowest BCUT2D eigenvalue weighted by Crippen LogP contribution is -2.34. The van der Waals surface area contributed by atoms with E-state index in [1.165, 1.54) is 0 Å². The van der Waals surface area contributed by atoms with Crippen LogP contribution in [0.5, 0.6) is 0 Å².